The van der Waals surface area contributed by atoms with Crippen molar-refractivity contribution in [1.82, 2.24) is 10.6 Å². The Labute approximate surface area is 364 Å². The van der Waals surface area contributed by atoms with Crippen LogP contribution in [0.5, 0.6) is 0 Å². The van der Waals surface area contributed by atoms with Gasteiger partial charge in [-0.3, -0.25) is 14.4 Å². The number of hydrogen-bond donors (Lipinski definition) is 5. The first-order chi connectivity index (χ1) is 28.1. The second-order valence-electron chi connectivity index (χ2n) is 14.5. The fourth-order valence-corrected chi connectivity index (χ4v) is 4.62. The summed E-state index contributed by atoms with van der Waals surface area (Å²) in [6.07, 6.45) is -31.7. The molecule has 0 radical (unpaired) electrons. The summed E-state index contributed by atoms with van der Waals surface area (Å²) in [5.41, 5.74) is -2.48. The van der Waals surface area contributed by atoms with Crippen molar-refractivity contribution < 1.29 is 91.1 Å². The number of nitriles is 2. The number of alkyl halides is 12. The summed E-state index contributed by atoms with van der Waals surface area (Å²) in [5, 5.41) is 46.8. The van der Waals surface area contributed by atoms with E-state index in [1.807, 2.05) is 0 Å². The van der Waals surface area contributed by atoms with E-state index in [0.29, 0.717) is 12.8 Å². The van der Waals surface area contributed by atoms with E-state index in [2.05, 4.69) is 20.1 Å². The number of amides is 2. The average molecular weight is 957 g/mol. The Bertz CT molecular complexity index is 1500. The maximum atomic E-state index is 12.6. The summed E-state index contributed by atoms with van der Waals surface area (Å²) >= 11 is 0. The maximum absolute atomic E-state index is 12.6. The van der Waals surface area contributed by atoms with Gasteiger partial charge in [0.25, 0.3) is 11.8 Å². The summed E-state index contributed by atoms with van der Waals surface area (Å²) in [7, 11) is 2.43. The van der Waals surface area contributed by atoms with Crippen LogP contribution >= 0.6 is 0 Å². The van der Waals surface area contributed by atoms with Crippen LogP contribution in [0.25, 0.3) is 0 Å². The summed E-state index contributed by atoms with van der Waals surface area (Å²) in [6, 6.07) is 0.937. The number of rotatable bonds is 26. The van der Waals surface area contributed by atoms with Crippen LogP contribution in [0.2, 0.25) is 0 Å². The smallest absolute Gasteiger partial charge is 0.389 e. The van der Waals surface area contributed by atoms with Crippen molar-refractivity contribution in [3.8, 4) is 12.1 Å². The molecule has 0 aromatic carbocycles. The monoisotopic (exact) mass is 956 g/mol. The van der Waals surface area contributed by atoms with Gasteiger partial charge >= 0.3 is 24.7 Å². The van der Waals surface area contributed by atoms with E-state index in [-0.39, 0.29) is 77.6 Å². The molecular formula is C38H60F12N6O8. The van der Waals surface area contributed by atoms with Crippen molar-refractivity contribution in [3.63, 3.8) is 0 Å². The van der Waals surface area contributed by atoms with Crippen LogP contribution in [0.4, 0.5) is 52.7 Å². The SMILES string of the molecule is C.C.COC(C)(C)C(=O)N[C@@H](CCCCC(=N)CC#N)C(=O)COC(C(F)(F)F)C(F)(F)F.COC(C)(C)C(=O)N[C@@H](CCCCC(=N)CC#N)C(O)COC(C(F)(F)F)C(F)(F)F. The molecule has 14 nitrogen and oxygen atoms in total. The number of carbonyl (C=O) groups excluding carboxylic acids is 3. The minimum Gasteiger partial charge on any atom is -0.389 e. The molecule has 0 spiro atoms. The number of aliphatic hydroxyl groups is 1. The lowest BCUT2D eigenvalue weighted by atomic mass is 10.00. The third-order valence-corrected chi connectivity index (χ3v) is 8.65. The Morgan fingerprint density at radius 2 is 0.984 bits per heavy atom. The molecule has 0 bridgehead atoms. The number of carbonyl (C=O) groups is 3. The topological polar surface area (TPSA) is 228 Å². The van der Waals surface area contributed by atoms with Crippen LogP contribution in [0.3, 0.4) is 0 Å². The molecule has 26 heteroatoms. The number of Topliss-reactive ketones (excluding diaryl/α,β-unsaturated/α-hetero) is 1. The molecule has 3 atom stereocenters. The molecule has 0 aliphatic carbocycles. The van der Waals surface area contributed by atoms with Gasteiger partial charge in [-0.05, 0) is 66.2 Å². The molecule has 0 heterocycles. The molecule has 0 rings (SSSR count). The highest BCUT2D eigenvalue weighted by Crippen LogP contribution is 2.37. The third-order valence-electron chi connectivity index (χ3n) is 8.65. The summed E-state index contributed by atoms with van der Waals surface area (Å²) in [6.45, 7) is 2.63. The number of nitrogens with zero attached hydrogens (tertiary/aromatic N) is 2. The molecule has 0 aliphatic rings. The highest BCUT2D eigenvalue weighted by molar-refractivity contribution is 5.92. The minimum atomic E-state index is -5.77. The number of nitrogens with one attached hydrogen (secondary N) is 4. The standard InChI is InChI=1S/C18H27F6N3O4.C18H25F6N3O4.2CH4/c2*1-16(2,30-3)15(29)27-12(7-5-4-6-11(26)8-9-25)13(28)10-31-14(17(19,20)21)18(22,23)24;;/h12-14,26,28H,4-8,10H2,1-3H3,(H,27,29);12,14,26H,4-8,10H2,1-3H3,(H,27,29);2*1H4/t12-,13?;12-;;/m00../s1. The largest absolute Gasteiger partial charge is 0.423 e. The summed E-state index contributed by atoms with van der Waals surface area (Å²) in [4.78, 5) is 36.8. The van der Waals surface area contributed by atoms with Gasteiger partial charge < -0.3 is 45.5 Å². The molecule has 0 aromatic heterocycles. The zero-order chi connectivity index (χ0) is 48.9. The van der Waals surface area contributed by atoms with Crippen LogP contribution in [0.1, 0.15) is 107 Å². The first-order valence-corrected chi connectivity index (χ1v) is 18.4. The van der Waals surface area contributed by atoms with Gasteiger partial charge in [-0.1, -0.05) is 27.7 Å². The number of hydrogen-bond acceptors (Lipinski definition) is 12. The van der Waals surface area contributed by atoms with Crippen molar-refractivity contribution in [2.45, 2.75) is 173 Å². The first-order valence-electron chi connectivity index (χ1n) is 18.4. The molecule has 64 heavy (non-hydrogen) atoms. The van der Waals surface area contributed by atoms with E-state index in [9.17, 15) is 72.2 Å². The van der Waals surface area contributed by atoms with Gasteiger partial charge in [-0.2, -0.15) is 63.2 Å². The second-order valence-corrected chi connectivity index (χ2v) is 14.5. The number of methoxy groups -OCH3 is 2. The van der Waals surface area contributed by atoms with Crippen LogP contribution in [-0.4, -0.2) is 128 Å². The zero-order valence-electron chi connectivity index (χ0n) is 34.6. The molecule has 0 fully saturated rings. The normalized spacial score (nSPS) is 13.7. The number of unbranched alkanes of at least 4 members (excludes halogenated alkanes) is 2. The van der Waals surface area contributed by atoms with Crippen LogP contribution in [0, 0.1) is 33.5 Å². The number of halogens is 12. The molecule has 5 N–H and O–H groups in total. The van der Waals surface area contributed by atoms with Crippen molar-refractivity contribution in [2.24, 2.45) is 0 Å². The second kappa shape index (κ2) is 29.4. The lowest BCUT2D eigenvalue weighted by Crippen LogP contribution is -2.53. The third kappa shape index (κ3) is 26.6. The molecular weight excluding hydrogens is 896 g/mol. The van der Waals surface area contributed by atoms with Crippen LogP contribution in [0.15, 0.2) is 0 Å². The van der Waals surface area contributed by atoms with Gasteiger partial charge in [0.2, 0.25) is 12.2 Å². The highest BCUT2D eigenvalue weighted by atomic mass is 19.4. The fourth-order valence-electron chi connectivity index (χ4n) is 4.62. The highest BCUT2D eigenvalue weighted by Gasteiger charge is 2.59. The van der Waals surface area contributed by atoms with E-state index in [4.69, 9.17) is 30.8 Å². The maximum Gasteiger partial charge on any atom is 0.423 e. The van der Waals surface area contributed by atoms with E-state index in [1.54, 1.807) is 12.1 Å². The van der Waals surface area contributed by atoms with Gasteiger partial charge in [0.1, 0.15) is 17.8 Å². The summed E-state index contributed by atoms with van der Waals surface area (Å²) < 4.78 is 169. The number of ether oxygens (including phenoxy) is 4. The van der Waals surface area contributed by atoms with Gasteiger partial charge in [0.15, 0.2) is 5.78 Å². The van der Waals surface area contributed by atoms with Crippen molar-refractivity contribution in [2.75, 3.05) is 27.4 Å². The Hall–Kier alpha value is -4.11. The molecule has 1 unspecified atom stereocenters. The molecule has 0 aromatic rings. The van der Waals surface area contributed by atoms with E-state index in [0.717, 1.165) is 0 Å². The van der Waals surface area contributed by atoms with Crippen molar-refractivity contribution >= 4 is 29.0 Å². The van der Waals surface area contributed by atoms with Crippen LogP contribution < -0.4 is 10.6 Å². The quantitative estimate of drug-likeness (QED) is 0.0319. The van der Waals surface area contributed by atoms with Gasteiger partial charge in [0, 0.05) is 25.6 Å². The Morgan fingerprint density at radius 3 is 1.34 bits per heavy atom. The molecule has 2 amide bonds. The zero-order valence-corrected chi connectivity index (χ0v) is 34.6. The summed E-state index contributed by atoms with van der Waals surface area (Å²) in [5.74, 6) is -2.71. The minimum absolute atomic E-state index is 0. The van der Waals surface area contributed by atoms with Gasteiger partial charge in [-0.15, -0.1) is 0 Å². The Morgan fingerprint density at radius 1 is 0.625 bits per heavy atom. The predicted molar refractivity (Wildman–Crippen MR) is 207 cm³/mol. The fraction of sp³-hybridized carbons (Fsp3) is 0.816. The Kier molecular flexibility index (Phi) is 30.6. The Balaban J connectivity index is -0.000000545. The molecule has 374 valence electrons. The van der Waals surface area contributed by atoms with Crippen molar-refractivity contribution in [1.29, 1.82) is 21.3 Å². The average Bonchev–Trinajstić information content (AvgIpc) is 3.12. The van der Waals surface area contributed by atoms with E-state index in [1.165, 1.54) is 41.9 Å². The number of aliphatic hydroxyl groups excluding tert-OH is 1. The molecule has 0 saturated carbocycles. The van der Waals surface area contributed by atoms with Gasteiger partial charge in [-0.25, -0.2) is 0 Å². The number of ketones is 1. The lowest BCUT2D eigenvalue weighted by Gasteiger charge is -2.30. The molecule has 0 aliphatic heterocycles. The molecule has 0 saturated heterocycles. The van der Waals surface area contributed by atoms with Crippen molar-refractivity contribution in [3.05, 3.63) is 0 Å². The van der Waals surface area contributed by atoms with Crippen LogP contribution in [-0.2, 0) is 33.3 Å². The predicted octanol–water partition coefficient (Wildman–Crippen LogP) is 8.00. The first kappa shape index (κ1) is 66.5. The van der Waals surface area contributed by atoms with Gasteiger partial charge in [0.05, 0.1) is 49.8 Å². The van der Waals surface area contributed by atoms with E-state index >= 15 is 0 Å². The van der Waals surface area contributed by atoms with E-state index < -0.39 is 97.1 Å². The lowest BCUT2D eigenvalue weighted by molar-refractivity contribution is -0.325.